The molecule has 0 bridgehead atoms. The lowest BCUT2D eigenvalue weighted by atomic mass is 9.87. The van der Waals surface area contributed by atoms with Crippen molar-refractivity contribution in [1.29, 1.82) is 0 Å². The van der Waals surface area contributed by atoms with Gasteiger partial charge in [0.15, 0.2) is 0 Å². The molecule has 0 heterocycles. The van der Waals surface area contributed by atoms with Crippen molar-refractivity contribution in [2.75, 3.05) is 0 Å². The normalized spacial score (nSPS) is 12.0. The Morgan fingerprint density at radius 2 is 1.00 bits per heavy atom. The Morgan fingerprint density at radius 3 is 1.57 bits per heavy atom. The molecule has 0 amide bonds. The summed E-state index contributed by atoms with van der Waals surface area (Å²) in [6.07, 6.45) is 34.2. The van der Waals surface area contributed by atoms with Gasteiger partial charge in [-0.05, 0) is 133 Å². The van der Waals surface area contributed by atoms with Crippen molar-refractivity contribution in [3.63, 3.8) is 0 Å². The van der Waals surface area contributed by atoms with E-state index < -0.39 is 0 Å². The van der Waals surface area contributed by atoms with Crippen LogP contribution in [-0.4, -0.2) is 0 Å². The van der Waals surface area contributed by atoms with Crippen LogP contribution in [0.25, 0.3) is 17.2 Å². The second kappa shape index (κ2) is 27.6. The van der Waals surface area contributed by atoms with Gasteiger partial charge in [-0.25, -0.2) is 0 Å². The van der Waals surface area contributed by atoms with E-state index in [1.54, 1.807) is 16.7 Å². The molecule has 0 N–H and O–H groups in total. The molecule has 0 aromatic heterocycles. The van der Waals surface area contributed by atoms with E-state index in [0.717, 1.165) is 37.1 Å². The van der Waals surface area contributed by atoms with Gasteiger partial charge in [0.05, 0.1) is 11.4 Å². The van der Waals surface area contributed by atoms with Gasteiger partial charge in [0, 0.05) is 0 Å². The number of hydrogen-bond acceptors (Lipinski definition) is 2. The number of hydrogen-bond donors (Lipinski definition) is 0. The Hall–Kier alpha value is -3.00. The number of nitrogens with zero attached hydrogens (tertiary/aromatic N) is 2. The van der Waals surface area contributed by atoms with E-state index in [2.05, 4.69) is 102 Å². The largest absolute Gasteiger partial charge is 0.155 e. The SMILES string of the molecule is CCCCCCCCc1cc(C=C(CC)N=Nc2cc(C)c(CCCCCCCC)c(CCCCCC)c2)cc(-c2ccccc2)c1CCCCCC. The van der Waals surface area contributed by atoms with Gasteiger partial charge < -0.3 is 0 Å². The molecule has 2 nitrogen and oxygen atoms in total. The van der Waals surface area contributed by atoms with Crippen LogP contribution in [0.1, 0.15) is 203 Å². The van der Waals surface area contributed by atoms with Gasteiger partial charge in [-0.1, -0.05) is 174 Å². The molecular formula is C51H78N2. The summed E-state index contributed by atoms with van der Waals surface area (Å²) >= 11 is 0. The summed E-state index contributed by atoms with van der Waals surface area (Å²) in [7, 11) is 0. The molecule has 0 fully saturated rings. The van der Waals surface area contributed by atoms with Gasteiger partial charge in [-0.15, -0.1) is 0 Å². The van der Waals surface area contributed by atoms with Crippen LogP contribution in [0.3, 0.4) is 0 Å². The van der Waals surface area contributed by atoms with Gasteiger partial charge in [-0.3, -0.25) is 0 Å². The summed E-state index contributed by atoms with van der Waals surface area (Å²) in [5.74, 6) is 0. The highest BCUT2D eigenvalue weighted by atomic mass is 15.1. The molecule has 0 atom stereocenters. The van der Waals surface area contributed by atoms with Gasteiger partial charge >= 0.3 is 0 Å². The standard InChI is InChI=1S/C51H78N2/c1-7-12-16-20-22-26-33-45-38-43(40-51(44-31-27-24-28-32-44)50(45)36-29-19-15-10-4)39-47(11-5)52-53-48-37-42(6)49(35-30-23-21-17-13-8-2)46(41-48)34-25-18-14-9-3/h24,27-28,31-32,37-41H,7-23,25-26,29-30,33-36H2,1-6H3. The second-order valence-electron chi connectivity index (χ2n) is 15.8. The van der Waals surface area contributed by atoms with E-state index >= 15 is 0 Å². The molecule has 0 aliphatic carbocycles. The van der Waals surface area contributed by atoms with E-state index in [-0.39, 0.29) is 0 Å². The summed E-state index contributed by atoms with van der Waals surface area (Å²) in [5, 5.41) is 9.88. The fourth-order valence-corrected chi connectivity index (χ4v) is 7.91. The maximum absolute atomic E-state index is 4.95. The minimum absolute atomic E-state index is 0.856. The van der Waals surface area contributed by atoms with Gasteiger partial charge in [-0.2, -0.15) is 10.2 Å². The first kappa shape index (κ1) is 44.4. The monoisotopic (exact) mass is 719 g/mol. The highest BCUT2D eigenvalue weighted by molar-refractivity contribution is 5.73. The van der Waals surface area contributed by atoms with E-state index in [1.165, 1.54) is 163 Å². The van der Waals surface area contributed by atoms with Crippen LogP contribution >= 0.6 is 0 Å². The first-order valence-corrected chi connectivity index (χ1v) is 22.5. The molecule has 2 heteroatoms. The second-order valence-corrected chi connectivity index (χ2v) is 15.8. The number of azo groups is 1. The molecule has 0 radical (unpaired) electrons. The quantitative estimate of drug-likeness (QED) is 0.0504. The Balaban J connectivity index is 1.94. The van der Waals surface area contributed by atoms with E-state index in [1.807, 2.05) is 0 Å². The first-order chi connectivity index (χ1) is 26.0. The summed E-state index contributed by atoms with van der Waals surface area (Å²) in [4.78, 5) is 0. The van der Waals surface area contributed by atoms with Crippen LogP contribution in [0, 0.1) is 6.92 Å². The zero-order valence-corrected chi connectivity index (χ0v) is 35.3. The third-order valence-electron chi connectivity index (χ3n) is 11.1. The fourth-order valence-electron chi connectivity index (χ4n) is 7.91. The van der Waals surface area contributed by atoms with Crippen LogP contribution < -0.4 is 0 Å². The first-order valence-electron chi connectivity index (χ1n) is 22.5. The summed E-state index contributed by atoms with van der Waals surface area (Å²) in [5.41, 5.74) is 13.6. The molecule has 0 aliphatic heterocycles. The molecular weight excluding hydrogens is 641 g/mol. The van der Waals surface area contributed by atoms with Crippen molar-refractivity contribution in [3.05, 3.63) is 93.7 Å². The highest BCUT2D eigenvalue weighted by Crippen LogP contribution is 2.33. The van der Waals surface area contributed by atoms with Crippen molar-refractivity contribution < 1.29 is 0 Å². The zero-order valence-electron chi connectivity index (χ0n) is 35.3. The van der Waals surface area contributed by atoms with E-state index in [0.29, 0.717) is 0 Å². The molecule has 292 valence electrons. The van der Waals surface area contributed by atoms with Crippen molar-refractivity contribution in [2.24, 2.45) is 10.2 Å². The van der Waals surface area contributed by atoms with Crippen LogP contribution in [-0.2, 0) is 25.7 Å². The lowest BCUT2D eigenvalue weighted by Gasteiger charge is -2.18. The van der Waals surface area contributed by atoms with E-state index in [4.69, 9.17) is 10.2 Å². The number of unbranched alkanes of at least 4 members (excludes halogenated alkanes) is 16. The Bertz CT molecular complexity index is 1460. The van der Waals surface area contributed by atoms with Crippen LogP contribution in [0.15, 0.2) is 70.5 Å². The minimum Gasteiger partial charge on any atom is -0.155 e. The zero-order chi connectivity index (χ0) is 37.9. The van der Waals surface area contributed by atoms with Crippen LogP contribution in [0.5, 0.6) is 0 Å². The minimum atomic E-state index is 0.856. The summed E-state index contributed by atoms with van der Waals surface area (Å²) in [6.45, 7) is 13.7. The van der Waals surface area contributed by atoms with Crippen molar-refractivity contribution in [3.8, 4) is 11.1 Å². The van der Waals surface area contributed by atoms with Crippen LogP contribution in [0.4, 0.5) is 5.69 Å². The average Bonchev–Trinajstić information content (AvgIpc) is 3.17. The van der Waals surface area contributed by atoms with Crippen molar-refractivity contribution in [1.82, 2.24) is 0 Å². The highest BCUT2D eigenvalue weighted by Gasteiger charge is 2.14. The number of allylic oxidation sites excluding steroid dienone is 1. The number of benzene rings is 3. The smallest absolute Gasteiger partial charge is 0.0862 e. The lowest BCUT2D eigenvalue weighted by molar-refractivity contribution is 0.604. The van der Waals surface area contributed by atoms with Crippen molar-refractivity contribution >= 4 is 11.8 Å². The van der Waals surface area contributed by atoms with Gasteiger partial charge in [0.25, 0.3) is 0 Å². The maximum atomic E-state index is 4.95. The predicted octanol–water partition coefficient (Wildman–Crippen LogP) is 17.2. The summed E-state index contributed by atoms with van der Waals surface area (Å²) < 4.78 is 0. The van der Waals surface area contributed by atoms with Gasteiger partial charge in [0.1, 0.15) is 0 Å². The van der Waals surface area contributed by atoms with Gasteiger partial charge in [0.2, 0.25) is 0 Å². The van der Waals surface area contributed by atoms with Crippen molar-refractivity contribution in [2.45, 2.75) is 202 Å². The molecule has 0 unspecified atom stereocenters. The van der Waals surface area contributed by atoms with Crippen LogP contribution in [0.2, 0.25) is 0 Å². The maximum Gasteiger partial charge on any atom is 0.0862 e. The topological polar surface area (TPSA) is 24.7 Å². The molecule has 3 rings (SSSR count). The Labute approximate surface area is 327 Å². The fraction of sp³-hybridized carbons (Fsp3) is 0.608. The molecule has 3 aromatic carbocycles. The number of aryl methyl sites for hydroxylation is 3. The van der Waals surface area contributed by atoms with E-state index in [9.17, 15) is 0 Å². The molecule has 0 aliphatic rings. The molecule has 0 saturated carbocycles. The number of rotatable bonds is 29. The summed E-state index contributed by atoms with van der Waals surface area (Å²) in [6, 6.07) is 20.7. The third kappa shape index (κ3) is 16.9. The molecule has 0 saturated heterocycles. The third-order valence-corrected chi connectivity index (χ3v) is 11.1. The molecule has 0 spiro atoms. The molecule has 53 heavy (non-hydrogen) atoms. The lowest BCUT2D eigenvalue weighted by Crippen LogP contribution is -2.01. The Kier molecular flexibility index (Phi) is 23.1. The average molecular weight is 719 g/mol. The predicted molar refractivity (Wildman–Crippen MR) is 236 cm³/mol. The Morgan fingerprint density at radius 1 is 0.509 bits per heavy atom. The molecule has 3 aromatic rings.